The summed E-state index contributed by atoms with van der Waals surface area (Å²) in [6, 6.07) is 6.03. The summed E-state index contributed by atoms with van der Waals surface area (Å²) in [7, 11) is 0. The van der Waals surface area contributed by atoms with Crippen molar-refractivity contribution in [2.45, 2.75) is 12.6 Å². The third-order valence-electron chi connectivity index (χ3n) is 2.62. The van der Waals surface area contributed by atoms with E-state index < -0.39 is 11.0 Å². The molecule has 0 bridgehead atoms. The van der Waals surface area contributed by atoms with Crippen molar-refractivity contribution >= 4 is 24.2 Å². The Morgan fingerprint density at radius 3 is 2.53 bits per heavy atom. The molecule has 7 nitrogen and oxygen atoms in total. The van der Waals surface area contributed by atoms with E-state index in [0.29, 0.717) is 5.56 Å². The highest BCUT2D eigenvalue weighted by Crippen LogP contribution is 2.12. The van der Waals surface area contributed by atoms with Gasteiger partial charge < -0.3 is 15.4 Å². The molecular formula is C11H14ClN3O4. The highest BCUT2D eigenvalue weighted by atomic mass is 35.5. The largest absolute Gasteiger partial charge is 0.445 e. The van der Waals surface area contributed by atoms with Crippen LogP contribution in [-0.4, -0.2) is 30.1 Å². The Balaban J connectivity index is 0.00000180. The number of carbonyl (C=O) groups excluding carboxylic acids is 1. The lowest BCUT2D eigenvalue weighted by Gasteiger charge is -2.27. The zero-order valence-corrected chi connectivity index (χ0v) is 10.8. The molecule has 1 aromatic carbocycles. The quantitative estimate of drug-likeness (QED) is 0.641. The minimum atomic E-state index is -0.472. The molecule has 1 aromatic rings. The monoisotopic (exact) mass is 287 g/mol. The first-order chi connectivity index (χ1) is 8.65. The Kier molecular flexibility index (Phi) is 5.53. The normalized spacial score (nSPS) is 13.9. The first-order valence-electron chi connectivity index (χ1n) is 5.52. The third kappa shape index (κ3) is 4.38. The SMILES string of the molecule is Cl.O=C(NC1CNC1)OCc1ccc([N+](=O)[O-])cc1. The van der Waals surface area contributed by atoms with Gasteiger partial charge in [-0.2, -0.15) is 0 Å². The average Bonchev–Trinajstić information content (AvgIpc) is 2.32. The van der Waals surface area contributed by atoms with Crippen molar-refractivity contribution in [3.05, 3.63) is 39.9 Å². The molecule has 1 fully saturated rings. The molecule has 8 heteroatoms. The van der Waals surface area contributed by atoms with Crippen LogP contribution in [0.1, 0.15) is 5.56 Å². The van der Waals surface area contributed by atoms with Gasteiger partial charge in [-0.25, -0.2) is 4.79 Å². The van der Waals surface area contributed by atoms with Gasteiger partial charge in [0.25, 0.3) is 5.69 Å². The maximum Gasteiger partial charge on any atom is 0.407 e. The zero-order valence-electron chi connectivity index (χ0n) is 10.00. The number of nitro benzene ring substituents is 1. The molecule has 1 amide bonds. The predicted octanol–water partition coefficient (Wildman–Crippen LogP) is 1.21. The molecule has 1 aliphatic rings. The van der Waals surface area contributed by atoms with E-state index in [1.54, 1.807) is 12.1 Å². The van der Waals surface area contributed by atoms with Gasteiger partial charge in [0, 0.05) is 25.2 Å². The van der Waals surface area contributed by atoms with Gasteiger partial charge in [0.05, 0.1) is 11.0 Å². The standard InChI is InChI=1S/C11H13N3O4.ClH/c15-11(13-9-5-12-6-9)18-7-8-1-3-10(4-2-8)14(16)17;/h1-4,9,12H,5-7H2,(H,13,15);1H. The molecule has 1 heterocycles. The van der Waals surface area contributed by atoms with E-state index in [2.05, 4.69) is 10.6 Å². The summed E-state index contributed by atoms with van der Waals surface area (Å²) in [6.07, 6.45) is -0.472. The second-order valence-corrected chi connectivity index (χ2v) is 4.00. The van der Waals surface area contributed by atoms with Crippen LogP contribution in [0, 0.1) is 10.1 Å². The van der Waals surface area contributed by atoms with Crippen molar-refractivity contribution in [3.8, 4) is 0 Å². The number of rotatable bonds is 4. The average molecular weight is 288 g/mol. The Morgan fingerprint density at radius 1 is 1.42 bits per heavy atom. The Hall–Kier alpha value is -1.86. The van der Waals surface area contributed by atoms with Crippen LogP contribution in [0.5, 0.6) is 0 Å². The molecule has 0 atom stereocenters. The molecule has 0 spiro atoms. The van der Waals surface area contributed by atoms with Crippen LogP contribution in [0.4, 0.5) is 10.5 Å². The number of carbonyl (C=O) groups is 1. The number of alkyl carbamates (subject to hydrolysis) is 1. The summed E-state index contributed by atoms with van der Waals surface area (Å²) in [5.74, 6) is 0. The van der Waals surface area contributed by atoms with Crippen molar-refractivity contribution < 1.29 is 14.5 Å². The number of nitro groups is 1. The fraction of sp³-hybridized carbons (Fsp3) is 0.364. The molecule has 0 aliphatic carbocycles. The van der Waals surface area contributed by atoms with E-state index in [0.717, 1.165) is 13.1 Å². The summed E-state index contributed by atoms with van der Waals surface area (Å²) in [5.41, 5.74) is 0.728. The lowest BCUT2D eigenvalue weighted by atomic mass is 10.2. The van der Waals surface area contributed by atoms with Crippen LogP contribution in [0.25, 0.3) is 0 Å². The molecule has 0 saturated carbocycles. The summed E-state index contributed by atoms with van der Waals surface area (Å²) < 4.78 is 4.99. The van der Waals surface area contributed by atoms with Gasteiger partial charge in [-0.05, 0) is 17.7 Å². The number of non-ortho nitro benzene ring substituents is 1. The highest BCUT2D eigenvalue weighted by Gasteiger charge is 2.19. The van der Waals surface area contributed by atoms with Crippen molar-refractivity contribution in [2.75, 3.05) is 13.1 Å². The molecule has 2 N–H and O–H groups in total. The number of ether oxygens (including phenoxy) is 1. The maximum absolute atomic E-state index is 11.3. The topological polar surface area (TPSA) is 93.5 Å². The van der Waals surface area contributed by atoms with Gasteiger partial charge in [-0.1, -0.05) is 0 Å². The van der Waals surface area contributed by atoms with Crippen molar-refractivity contribution in [2.24, 2.45) is 0 Å². The Labute approximate surface area is 115 Å². The lowest BCUT2D eigenvalue weighted by molar-refractivity contribution is -0.384. The number of hydrogen-bond donors (Lipinski definition) is 2. The van der Waals surface area contributed by atoms with E-state index in [1.165, 1.54) is 12.1 Å². The van der Waals surface area contributed by atoms with E-state index in [-0.39, 0.29) is 30.7 Å². The molecule has 0 aromatic heterocycles. The summed E-state index contributed by atoms with van der Waals surface area (Å²) in [4.78, 5) is 21.3. The van der Waals surface area contributed by atoms with Crippen LogP contribution in [0.2, 0.25) is 0 Å². The summed E-state index contributed by atoms with van der Waals surface area (Å²) >= 11 is 0. The second-order valence-electron chi connectivity index (χ2n) is 4.00. The number of benzene rings is 1. The number of nitrogens with zero attached hydrogens (tertiary/aromatic N) is 1. The highest BCUT2D eigenvalue weighted by molar-refractivity contribution is 5.85. The molecule has 19 heavy (non-hydrogen) atoms. The molecule has 1 aliphatic heterocycles. The van der Waals surface area contributed by atoms with Crippen molar-refractivity contribution in [3.63, 3.8) is 0 Å². The fourth-order valence-electron chi connectivity index (χ4n) is 1.46. The van der Waals surface area contributed by atoms with Crippen molar-refractivity contribution in [1.29, 1.82) is 0 Å². The molecule has 0 radical (unpaired) electrons. The van der Waals surface area contributed by atoms with E-state index in [4.69, 9.17) is 4.74 Å². The van der Waals surface area contributed by atoms with Gasteiger partial charge in [-0.15, -0.1) is 12.4 Å². The smallest absolute Gasteiger partial charge is 0.407 e. The first-order valence-corrected chi connectivity index (χ1v) is 5.52. The van der Waals surface area contributed by atoms with E-state index in [9.17, 15) is 14.9 Å². The van der Waals surface area contributed by atoms with Crippen LogP contribution in [-0.2, 0) is 11.3 Å². The van der Waals surface area contributed by atoms with E-state index in [1.807, 2.05) is 0 Å². The van der Waals surface area contributed by atoms with Crippen LogP contribution in [0.3, 0.4) is 0 Å². The first kappa shape index (κ1) is 15.2. The number of nitrogens with one attached hydrogen (secondary N) is 2. The van der Waals surface area contributed by atoms with Gasteiger partial charge in [0.15, 0.2) is 0 Å². The van der Waals surface area contributed by atoms with Gasteiger partial charge in [0.1, 0.15) is 6.61 Å². The van der Waals surface area contributed by atoms with Crippen LogP contribution >= 0.6 is 12.4 Å². The Morgan fingerprint density at radius 2 is 2.05 bits per heavy atom. The number of amides is 1. The zero-order chi connectivity index (χ0) is 13.0. The molecular weight excluding hydrogens is 274 g/mol. The van der Waals surface area contributed by atoms with Crippen LogP contribution in [0.15, 0.2) is 24.3 Å². The molecule has 2 rings (SSSR count). The third-order valence-corrected chi connectivity index (χ3v) is 2.62. The predicted molar refractivity (Wildman–Crippen MR) is 70.3 cm³/mol. The van der Waals surface area contributed by atoms with Gasteiger partial charge in [-0.3, -0.25) is 10.1 Å². The minimum Gasteiger partial charge on any atom is -0.445 e. The summed E-state index contributed by atoms with van der Waals surface area (Å²) in [6.45, 7) is 1.61. The number of halogens is 1. The van der Waals surface area contributed by atoms with Gasteiger partial charge in [0.2, 0.25) is 0 Å². The maximum atomic E-state index is 11.3. The van der Waals surface area contributed by atoms with Crippen LogP contribution < -0.4 is 10.6 Å². The number of hydrogen-bond acceptors (Lipinski definition) is 5. The van der Waals surface area contributed by atoms with E-state index >= 15 is 0 Å². The summed E-state index contributed by atoms with van der Waals surface area (Å²) in [5, 5.41) is 16.2. The second kappa shape index (κ2) is 6.91. The fourth-order valence-corrected chi connectivity index (χ4v) is 1.46. The lowest BCUT2D eigenvalue weighted by Crippen LogP contribution is -2.57. The molecule has 0 unspecified atom stereocenters. The minimum absolute atomic E-state index is 0. The Bertz CT molecular complexity index is 448. The molecule has 104 valence electrons. The van der Waals surface area contributed by atoms with Crippen molar-refractivity contribution in [1.82, 2.24) is 10.6 Å². The van der Waals surface area contributed by atoms with Gasteiger partial charge >= 0.3 is 6.09 Å². The molecule has 1 saturated heterocycles.